The van der Waals surface area contributed by atoms with Crippen LogP contribution in [0, 0.1) is 0 Å². The number of hydrogen-bond donors (Lipinski definition) is 5. The Hall–Kier alpha value is -0.691. The molecule has 0 saturated carbocycles. The van der Waals surface area contributed by atoms with Gasteiger partial charge in [-0.05, 0) is 0 Å². The van der Waals surface area contributed by atoms with E-state index >= 15 is 0 Å². The first-order valence-corrected chi connectivity index (χ1v) is 4.11. The third-order valence-corrected chi connectivity index (χ3v) is 0.368. The third-order valence-electron chi connectivity index (χ3n) is 0.368. The standard InChI is InChI=1S/C4H4O4.Fe.H3O4P/c5-3(6)1-2-4(7)8;;1-5(2,3)4/h1-2H,(H,5,6)(H,7,8);;(H3,1,2,3,4)/b2-1+;;. The zero-order valence-corrected chi connectivity index (χ0v) is 8.41. The van der Waals surface area contributed by atoms with Crippen LogP contribution in [0.3, 0.4) is 0 Å². The van der Waals surface area contributed by atoms with E-state index in [4.69, 9.17) is 29.5 Å². The molecule has 0 radical (unpaired) electrons. The van der Waals surface area contributed by atoms with Crippen LogP contribution >= 0.6 is 7.82 Å². The Balaban J connectivity index is -0.000000177. The largest absolute Gasteiger partial charge is 0.478 e. The first-order valence-electron chi connectivity index (χ1n) is 2.55. The van der Waals surface area contributed by atoms with Crippen molar-refractivity contribution in [3.8, 4) is 0 Å². The molecule has 0 aromatic carbocycles. The van der Waals surface area contributed by atoms with Crippen LogP contribution < -0.4 is 0 Å². The number of rotatable bonds is 2. The summed E-state index contributed by atoms with van der Waals surface area (Å²) < 4.78 is 8.88. The average Bonchev–Trinajstić information content (AvgIpc) is 1.79. The molecule has 0 unspecified atom stereocenters. The van der Waals surface area contributed by atoms with E-state index < -0.39 is 19.8 Å². The summed E-state index contributed by atoms with van der Waals surface area (Å²) in [5.41, 5.74) is 0. The second kappa shape index (κ2) is 8.89. The first-order chi connectivity index (χ1) is 5.63. The van der Waals surface area contributed by atoms with Gasteiger partial charge in [0.1, 0.15) is 0 Å². The molecule has 0 heterocycles. The van der Waals surface area contributed by atoms with Crippen LogP contribution in [0.1, 0.15) is 0 Å². The fourth-order valence-corrected chi connectivity index (χ4v) is 0.143. The molecule has 0 aliphatic heterocycles. The summed E-state index contributed by atoms with van der Waals surface area (Å²) in [4.78, 5) is 40.7. The van der Waals surface area contributed by atoms with Crippen molar-refractivity contribution in [2.24, 2.45) is 0 Å². The van der Waals surface area contributed by atoms with Gasteiger partial charge in [-0.1, -0.05) is 0 Å². The Morgan fingerprint density at radius 2 is 1.07 bits per heavy atom. The normalized spacial score (nSPS) is 9.64. The van der Waals surface area contributed by atoms with Gasteiger partial charge in [0, 0.05) is 29.2 Å². The summed E-state index contributed by atoms with van der Waals surface area (Å²) in [5, 5.41) is 15.6. The molecule has 0 amide bonds. The Morgan fingerprint density at radius 3 is 1.14 bits per heavy atom. The minimum Gasteiger partial charge on any atom is -0.478 e. The van der Waals surface area contributed by atoms with Gasteiger partial charge >= 0.3 is 19.8 Å². The predicted octanol–water partition coefficient (Wildman–Crippen LogP) is -1.22. The number of carboxylic acid groups (broad SMARTS) is 2. The zero-order valence-electron chi connectivity index (χ0n) is 6.42. The van der Waals surface area contributed by atoms with Gasteiger partial charge in [-0.25, -0.2) is 14.2 Å². The summed E-state index contributed by atoms with van der Waals surface area (Å²) in [7, 11) is -4.64. The second-order valence-corrected chi connectivity index (χ2v) is 2.55. The molecular formula is C4H7FeO8P. The molecule has 0 fully saturated rings. The van der Waals surface area contributed by atoms with Crippen LogP contribution in [0.2, 0.25) is 0 Å². The fourth-order valence-electron chi connectivity index (χ4n) is 0.143. The maximum absolute atomic E-state index is 9.55. The van der Waals surface area contributed by atoms with Crippen LogP contribution in [0.25, 0.3) is 0 Å². The van der Waals surface area contributed by atoms with Crippen LogP contribution in [-0.4, -0.2) is 36.8 Å². The fraction of sp³-hybridized carbons (Fsp3) is 0. The quantitative estimate of drug-likeness (QED) is 0.238. The van der Waals surface area contributed by atoms with Crippen molar-refractivity contribution in [1.82, 2.24) is 0 Å². The number of hydrogen-bond acceptors (Lipinski definition) is 3. The number of carbonyl (C=O) groups is 2. The minimum absolute atomic E-state index is 0. The summed E-state index contributed by atoms with van der Waals surface area (Å²) in [5.74, 6) is -2.51. The molecule has 10 heteroatoms. The molecule has 0 aromatic rings. The van der Waals surface area contributed by atoms with Gasteiger partial charge in [-0.15, -0.1) is 0 Å². The molecule has 0 aliphatic rings. The minimum atomic E-state index is -4.64. The topological polar surface area (TPSA) is 152 Å². The summed E-state index contributed by atoms with van der Waals surface area (Å²) in [6.45, 7) is 0. The molecule has 8 nitrogen and oxygen atoms in total. The Labute approximate surface area is 88.6 Å². The monoisotopic (exact) mass is 270 g/mol. The third kappa shape index (κ3) is 64.7. The molecular weight excluding hydrogens is 263 g/mol. The maximum atomic E-state index is 9.55. The molecule has 84 valence electrons. The summed E-state index contributed by atoms with van der Waals surface area (Å²) >= 11 is 0. The SMILES string of the molecule is O=C(O)/C=C/C(=O)O.O=P(O)(O)O.[Fe]. The molecule has 5 N–H and O–H groups in total. The summed E-state index contributed by atoms with van der Waals surface area (Å²) in [6, 6.07) is 0. The van der Waals surface area contributed by atoms with E-state index in [1.807, 2.05) is 0 Å². The molecule has 0 saturated heterocycles. The molecule has 0 aromatic heterocycles. The molecule has 14 heavy (non-hydrogen) atoms. The van der Waals surface area contributed by atoms with E-state index in [1.165, 1.54) is 0 Å². The zero-order chi connectivity index (χ0) is 11.1. The molecule has 0 rings (SSSR count). The van der Waals surface area contributed by atoms with E-state index in [9.17, 15) is 9.59 Å². The molecule has 0 atom stereocenters. The Kier molecular flexibility index (Phi) is 12.0. The van der Waals surface area contributed by atoms with Crippen LogP contribution in [0.4, 0.5) is 0 Å². The van der Waals surface area contributed by atoms with Crippen molar-refractivity contribution in [3.05, 3.63) is 12.2 Å². The number of carboxylic acids is 2. The van der Waals surface area contributed by atoms with E-state index in [0.717, 1.165) is 0 Å². The molecule has 0 aliphatic carbocycles. The van der Waals surface area contributed by atoms with Crippen molar-refractivity contribution in [2.75, 3.05) is 0 Å². The predicted molar refractivity (Wildman–Crippen MR) is 38.7 cm³/mol. The van der Waals surface area contributed by atoms with Gasteiger partial charge in [0.15, 0.2) is 0 Å². The van der Waals surface area contributed by atoms with Crippen LogP contribution in [0.5, 0.6) is 0 Å². The van der Waals surface area contributed by atoms with E-state index in [1.54, 1.807) is 0 Å². The van der Waals surface area contributed by atoms with E-state index in [-0.39, 0.29) is 17.1 Å². The van der Waals surface area contributed by atoms with Crippen LogP contribution in [0.15, 0.2) is 12.2 Å². The number of aliphatic carboxylic acids is 2. The van der Waals surface area contributed by atoms with Gasteiger partial charge in [0.25, 0.3) is 0 Å². The molecule has 0 spiro atoms. The van der Waals surface area contributed by atoms with Gasteiger partial charge in [-0.3, -0.25) is 0 Å². The average molecular weight is 270 g/mol. The van der Waals surface area contributed by atoms with E-state index in [0.29, 0.717) is 12.2 Å². The Morgan fingerprint density at radius 1 is 0.929 bits per heavy atom. The Bertz CT molecular complexity index is 230. The van der Waals surface area contributed by atoms with Crippen LogP contribution in [-0.2, 0) is 31.2 Å². The smallest absolute Gasteiger partial charge is 0.466 e. The van der Waals surface area contributed by atoms with Crippen molar-refractivity contribution >= 4 is 19.8 Å². The second-order valence-electron chi connectivity index (χ2n) is 1.52. The molecule has 0 bridgehead atoms. The van der Waals surface area contributed by atoms with E-state index in [2.05, 4.69) is 0 Å². The van der Waals surface area contributed by atoms with Gasteiger partial charge < -0.3 is 24.9 Å². The van der Waals surface area contributed by atoms with Crippen molar-refractivity contribution in [2.45, 2.75) is 0 Å². The van der Waals surface area contributed by atoms with Gasteiger partial charge in [0.2, 0.25) is 0 Å². The van der Waals surface area contributed by atoms with Gasteiger partial charge in [0.05, 0.1) is 0 Å². The summed E-state index contributed by atoms with van der Waals surface area (Å²) in [6.07, 6.45) is 1.12. The van der Waals surface area contributed by atoms with Crippen molar-refractivity contribution in [1.29, 1.82) is 0 Å². The van der Waals surface area contributed by atoms with Gasteiger partial charge in [-0.2, -0.15) is 0 Å². The number of phosphoric acid groups is 1. The van der Waals surface area contributed by atoms with Crippen molar-refractivity contribution in [3.63, 3.8) is 0 Å². The maximum Gasteiger partial charge on any atom is 0.466 e. The van der Waals surface area contributed by atoms with Crippen molar-refractivity contribution < 1.29 is 56.1 Å². The first kappa shape index (κ1) is 19.0.